The van der Waals surface area contributed by atoms with Crippen molar-refractivity contribution in [3.05, 3.63) is 42.2 Å². The summed E-state index contributed by atoms with van der Waals surface area (Å²) in [6, 6.07) is 4.17. The first-order chi connectivity index (χ1) is 12.0. The van der Waals surface area contributed by atoms with Gasteiger partial charge in [-0.05, 0) is 56.8 Å². The molecular formula is C18H24FN5O. The first kappa shape index (κ1) is 17.5. The van der Waals surface area contributed by atoms with Crippen molar-refractivity contribution in [2.24, 2.45) is 5.92 Å². The van der Waals surface area contributed by atoms with E-state index < -0.39 is 0 Å². The number of hydrogen-bond donors (Lipinski definition) is 1. The van der Waals surface area contributed by atoms with E-state index in [2.05, 4.69) is 20.3 Å². The van der Waals surface area contributed by atoms with Crippen LogP contribution in [0.3, 0.4) is 0 Å². The topological polar surface area (TPSA) is 63.1 Å². The van der Waals surface area contributed by atoms with Crippen LogP contribution in [0, 0.1) is 18.7 Å². The second kappa shape index (κ2) is 7.74. The molecular weight excluding hydrogens is 321 g/mol. The summed E-state index contributed by atoms with van der Waals surface area (Å²) in [5.41, 5.74) is 1.39. The minimum Gasteiger partial charge on any atom is -0.324 e. The van der Waals surface area contributed by atoms with Gasteiger partial charge in [-0.25, -0.2) is 9.37 Å². The van der Waals surface area contributed by atoms with Gasteiger partial charge in [0.15, 0.2) is 0 Å². The standard InChI is InChI=1S/C18H24FN5O/c1-13-5-6-16(19)8-17(13)22-18(25)14(2)23-7-3-4-15(9-23)10-24-12-20-11-21-24/h5-6,8,11-12,14-15H,3-4,7,9-10H2,1-2H3,(H,22,25). The van der Waals surface area contributed by atoms with E-state index >= 15 is 0 Å². The first-order valence-corrected chi connectivity index (χ1v) is 8.66. The molecule has 1 N–H and O–H groups in total. The number of rotatable bonds is 5. The second-order valence-electron chi connectivity index (χ2n) is 6.75. The summed E-state index contributed by atoms with van der Waals surface area (Å²) in [6.07, 6.45) is 5.43. The van der Waals surface area contributed by atoms with Gasteiger partial charge < -0.3 is 5.32 Å². The minimum absolute atomic E-state index is 0.102. The summed E-state index contributed by atoms with van der Waals surface area (Å²) in [5.74, 6) is -0.00358. The van der Waals surface area contributed by atoms with E-state index in [0.717, 1.165) is 38.0 Å². The fraction of sp³-hybridized carbons (Fsp3) is 0.500. The van der Waals surface area contributed by atoms with Crippen molar-refractivity contribution in [1.29, 1.82) is 0 Å². The van der Waals surface area contributed by atoms with Gasteiger partial charge in [0, 0.05) is 18.8 Å². The predicted molar refractivity (Wildman–Crippen MR) is 93.5 cm³/mol. The van der Waals surface area contributed by atoms with Crippen LogP contribution in [0.2, 0.25) is 0 Å². The Hall–Kier alpha value is -2.28. The van der Waals surface area contributed by atoms with Crippen LogP contribution in [0.4, 0.5) is 10.1 Å². The van der Waals surface area contributed by atoms with E-state index in [1.54, 1.807) is 12.4 Å². The molecule has 0 spiro atoms. The van der Waals surface area contributed by atoms with E-state index in [9.17, 15) is 9.18 Å². The molecule has 25 heavy (non-hydrogen) atoms. The lowest BCUT2D eigenvalue weighted by Gasteiger charge is -2.36. The fourth-order valence-electron chi connectivity index (χ4n) is 3.32. The molecule has 0 aliphatic carbocycles. The number of benzene rings is 1. The molecule has 2 unspecified atom stereocenters. The van der Waals surface area contributed by atoms with Crippen LogP contribution >= 0.6 is 0 Å². The molecule has 1 fully saturated rings. The van der Waals surface area contributed by atoms with Crippen LogP contribution in [0.25, 0.3) is 0 Å². The number of amides is 1. The SMILES string of the molecule is Cc1ccc(F)cc1NC(=O)C(C)N1CCCC(Cn2cncn2)C1. The molecule has 2 heterocycles. The van der Waals surface area contributed by atoms with Gasteiger partial charge in [-0.2, -0.15) is 5.10 Å². The third-order valence-electron chi connectivity index (χ3n) is 4.85. The third-order valence-corrected chi connectivity index (χ3v) is 4.85. The molecule has 1 aromatic carbocycles. The van der Waals surface area contributed by atoms with Gasteiger partial charge >= 0.3 is 0 Å². The van der Waals surface area contributed by atoms with Crippen molar-refractivity contribution in [1.82, 2.24) is 19.7 Å². The van der Waals surface area contributed by atoms with E-state index in [0.29, 0.717) is 11.6 Å². The summed E-state index contributed by atoms with van der Waals surface area (Å²) in [4.78, 5) is 18.8. The molecule has 0 bridgehead atoms. The zero-order chi connectivity index (χ0) is 17.8. The summed E-state index contributed by atoms with van der Waals surface area (Å²) in [7, 11) is 0. The number of piperidine rings is 1. The van der Waals surface area contributed by atoms with Gasteiger partial charge in [0.1, 0.15) is 18.5 Å². The number of carbonyl (C=O) groups is 1. The number of anilines is 1. The van der Waals surface area contributed by atoms with Gasteiger partial charge in [0.05, 0.1) is 6.04 Å². The highest BCUT2D eigenvalue weighted by Gasteiger charge is 2.28. The Balaban J connectivity index is 1.60. The quantitative estimate of drug-likeness (QED) is 0.904. The van der Waals surface area contributed by atoms with E-state index in [1.165, 1.54) is 18.5 Å². The van der Waals surface area contributed by atoms with Crippen molar-refractivity contribution in [2.75, 3.05) is 18.4 Å². The molecule has 1 aliphatic heterocycles. The summed E-state index contributed by atoms with van der Waals surface area (Å²) in [5, 5.41) is 7.02. The lowest BCUT2D eigenvalue weighted by atomic mass is 9.96. The van der Waals surface area contributed by atoms with Crippen molar-refractivity contribution >= 4 is 11.6 Å². The maximum absolute atomic E-state index is 13.4. The molecule has 7 heteroatoms. The van der Waals surface area contributed by atoms with Crippen molar-refractivity contribution in [3.8, 4) is 0 Å². The Morgan fingerprint density at radius 2 is 2.32 bits per heavy atom. The molecule has 1 amide bonds. The van der Waals surface area contributed by atoms with Gasteiger partial charge in [0.2, 0.25) is 5.91 Å². The zero-order valence-electron chi connectivity index (χ0n) is 14.7. The number of likely N-dealkylation sites (tertiary alicyclic amines) is 1. The Bertz CT molecular complexity index is 718. The largest absolute Gasteiger partial charge is 0.324 e. The van der Waals surface area contributed by atoms with Gasteiger partial charge in [-0.3, -0.25) is 14.4 Å². The first-order valence-electron chi connectivity index (χ1n) is 8.66. The Labute approximate surface area is 147 Å². The number of hydrogen-bond acceptors (Lipinski definition) is 4. The van der Waals surface area contributed by atoms with Crippen LogP contribution in [-0.2, 0) is 11.3 Å². The van der Waals surface area contributed by atoms with E-state index in [4.69, 9.17) is 0 Å². The van der Waals surface area contributed by atoms with E-state index in [1.807, 2.05) is 18.5 Å². The fourth-order valence-corrected chi connectivity index (χ4v) is 3.32. The van der Waals surface area contributed by atoms with Crippen LogP contribution < -0.4 is 5.32 Å². The van der Waals surface area contributed by atoms with Crippen molar-refractivity contribution in [3.63, 3.8) is 0 Å². The Kier molecular flexibility index (Phi) is 5.43. The summed E-state index contributed by atoms with van der Waals surface area (Å²) < 4.78 is 15.3. The van der Waals surface area contributed by atoms with Gasteiger partial charge in [0.25, 0.3) is 0 Å². The van der Waals surface area contributed by atoms with Gasteiger partial charge in [-0.1, -0.05) is 6.07 Å². The molecule has 134 valence electrons. The summed E-state index contributed by atoms with van der Waals surface area (Å²) >= 11 is 0. The highest BCUT2D eigenvalue weighted by Crippen LogP contribution is 2.21. The number of nitrogens with zero attached hydrogens (tertiary/aromatic N) is 4. The number of aromatic nitrogens is 3. The summed E-state index contributed by atoms with van der Waals surface area (Å²) in [6.45, 7) is 6.31. The van der Waals surface area contributed by atoms with Gasteiger partial charge in [-0.15, -0.1) is 0 Å². The molecule has 0 saturated carbocycles. The average molecular weight is 345 g/mol. The lowest BCUT2D eigenvalue weighted by Crippen LogP contribution is -2.47. The molecule has 6 nitrogen and oxygen atoms in total. The Morgan fingerprint density at radius 3 is 3.08 bits per heavy atom. The van der Waals surface area contributed by atoms with Crippen molar-refractivity contribution < 1.29 is 9.18 Å². The number of aryl methyl sites for hydroxylation is 1. The minimum atomic E-state index is -0.348. The smallest absolute Gasteiger partial charge is 0.241 e. The Morgan fingerprint density at radius 1 is 1.48 bits per heavy atom. The number of carbonyl (C=O) groups excluding carboxylic acids is 1. The highest BCUT2D eigenvalue weighted by atomic mass is 19.1. The number of nitrogens with one attached hydrogen (secondary N) is 1. The maximum Gasteiger partial charge on any atom is 0.241 e. The van der Waals surface area contributed by atoms with Crippen molar-refractivity contribution in [2.45, 2.75) is 39.3 Å². The highest BCUT2D eigenvalue weighted by molar-refractivity contribution is 5.95. The lowest BCUT2D eigenvalue weighted by molar-refractivity contribution is -0.121. The second-order valence-corrected chi connectivity index (χ2v) is 6.75. The monoisotopic (exact) mass is 345 g/mol. The zero-order valence-corrected chi connectivity index (χ0v) is 14.7. The molecule has 0 radical (unpaired) electrons. The molecule has 1 saturated heterocycles. The molecule has 1 aromatic heterocycles. The normalized spacial score (nSPS) is 19.6. The molecule has 2 atom stereocenters. The average Bonchev–Trinajstić information content (AvgIpc) is 3.10. The third kappa shape index (κ3) is 4.42. The number of halogens is 1. The van der Waals surface area contributed by atoms with Crippen LogP contribution in [0.15, 0.2) is 30.9 Å². The molecule has 3 rings (SSSR count). The predicted octanol–water partition coefficient (Wildman–Crippen LogP) is 2.46. The van der Waals surface area contributed by atoms with Crippen LogP contribution in [0.1, 0.15) is 25.3 Å². The van der Waals surface area contributed by atoms with Crippen LogP contribution in [-0.4, -0.2) is 44.7 Å². The maximum atomic E-state index is 13.4. The van der Waals surface area contributed by atoms with E-state index in [-0.39, 0.29) is 17.8 Å². The van der Waals surface area contributed by atoms with Crippen LogP contribution in [0.5, 0.6) is 0 Å². The molecule has 1 aliphatic rings. The molecule has 2 aromatic rings.